The molecule has 1 aromatic carbocycles. The first-order valence-electron chi connectivity index (χ1n) is 6.87. The Morgan fingerprint density at radius 2 is 2.20 bits per heavy atom. The minimum Gasteiger partial charge on any atom is -0.360 e. The number of carbonyl (C=O) groups is 1. The summed E-state index contributed by atoms with van der Waals surface area (Å²) in [5, 5.41) is 0.939. The van der Waals surface area contributed by atoms with E-state index in [1.807, 2.05) is 24.3 Å². The number of hydrogen-bond acceptors (Lipinski definition) is 2. The molecule has 1 aliphatic heterocycles. The van der Waals surface area contributed by atoms with Crippen molar-refractivity contribution in [3.63, 3.8) is 0 Å². The highest BCUT2D eigenvalue weighted by Gasteiger charge is 2.13. The van der Waals surface area contributed by atoms with Crippen molar-refractivity contribution in [1.29, 1.82) is 0 Å². The monoisotopic (exact) mass is 271 g/mol. The third kappa shape index (κ3) is 2.53. The fourth-order valence-electron chi connectivity index (χ4n) is 2.43. The van der Waals surface area contributed by atoms with Crippen LogP contribution < -0.4 is 15.8 Å². The van der Waals surface area contributed by atoms with Gasteiger partial charge in [0.15, 0.2) is 0 Å². The van der Waals surface area contributed by atoms with Gasteiger partial charge >= 0.3 is 0 Å². The second-order valence-electron chi connectivity index (χ2n) is 5.22. The summed E-state index contributed by atoms with van der Waals surface area (Å²) in [7, 11) is 2.16. The van der Waals surface area contributed by atoms with Gasteiger partial charge in [-0.1, -0.05) is 18.2 Å². The van der Waals surface area contributed by atoms with Gasteiger partial charge in [-0.15, -0.1) is 0 Å². The first-order chi connectivity index (χ1) is 9.74. The van der Waals surface area contributed by atoms with E-state index in [1.54, 1.807) is 6.20 Å². The number of para-hydroxylation sites is 1. The van der Waals surface area contributed by atoms with Crippen molar-refractivity contribution in [1.82, 2.24) is 15.8 Å². The first-order valence-corrected chi connectivity index (χ1v) is 6.87. The van der Waals surface area contributed by atoms with Gasteiger partial charge in [0.25, 0.3) is 5.91 Å². The topological polar surface area (TPSA) is 61.4 Å². The van der Waals surface area contributed by atoms with Gasteiger partial charge in [-0.05, 0) is 12.1 Å². The molecule has 1 amide bonds. The Balaban J connectivity index is 1.68. The molecule has 1 aromatic heterocycles. The van der Waals surface area contributed by atoms with Crippen LogP contribution in [0.1, 0.15) is 16.8 Å². The lowest BCUT2D eigenvalue weighted by Gasteiger charge is -2.20. The third-order valence-corrected chi connectivity index (χ3v) is 3.69. The van der Waals surface area contributed by atoms with Crippen molar-refractivity contribution in [2.45, 2.75) is 6.42 Å². The zero-order chi connectivity index (χ0) is 13.9. The number of amides is 1. The summed E-state index contributed by atoms with van der Waals surface area (Å²) in [5.74, 6) is -0.116. The van der Waals surface area contributed by atoms with Crippen molar-refractivity contribution >= 4 is 16.8 Å². The fourth-order valence-corrected chi connectivity index (χ4v) is 2.43. The number of quaternary nitrogens is 1. The second-order valence-corrected chi connectivity index (χ2v) is 5.22. The molecule has 20 heavy (non-hydrogen) atoms. The van der Waals surface area contributed by atoms with E-state index in [1.165, 1.54) is 4.90 Å². The Labute approximate surface area is 117 Å². The summed E-state index contributed by atoms with van der Waals surface area (Å²) in [6.45, 7) is 2.08. The maximum Gasteiger partial charge on any atom is 0.271 e. The molecule has 1 unspecified atom stereocenters. The number of likely N-dealkylation sites (N-methyl/N-ethyl adjacent to an activating group) is 1. The maximum atomic E-state index is 12.2. The van der Waals surface area contributed by atoms with Gasteiger partial charge < -0.3 is 15.3 Å². The summed E-state index contributed by atoms with van der Waals surface area (Å²) in [4.78, 5) is 16.8. The average Bonchev–Trinajstić information content (AvgIpc) is 2.90. The summed E-state index contributed by atoms with van der Waals surface area (Å²) >= 11 is 0. The Morgan fingerprint density at radius 1 is 1.35 bits per heavy atom. The van der Waals surface area contributed by atoms with Crippen LogP contribution >= 0.6 is 0 Å². The van der Waals surface area contributed by atoms with Crippen LogP contribution in [0.3, 0.4) is 0 Å². The van der Waals surface area contributed by atoms with Crippen LogP contribution in [0, 0.1) is 0 Å². The molecule has 1 atom stereocenters. The highest BCUT2D eigenvalue weighted by atomic mass is 16.2. The average molecular weight is 271 g/mol. The Bertz CT molecular complexity index is 659. The number of benzene rings is 1. The summed E-state index contributed by atoms with van der Waals surface area (Å²) in [6, 6.07) is 7.79. The quantitative estimate of drug-likeness (QED) is 0.603. The van der Waals surface area contributed by atoms with Crippen LogP contribution in [0.4, 0.5) is 0 Å². The summed E-state index contributed by atoms with van der Waals surface area (Å²) in [6.07, 6.45) is 4.84. The zero-order valence-electron chi connectivity index (χ0n) is 11.5. The van der Waals surface area contributed by atoms with E-state index >= 15 is 0 Å². The second kappa shape index (κ2) is 5.38. The number of carbonyl (C=O) groups excluding carboxylic acids is 1. The molecule has 2 aromatic rings. The molecule has 1 aliphatic rings. The van der Waals surface area contributed by atoms with Crippen molar-refractivity contribution in [3.8, 4) is 0 Å². The molecule has 4 N–H and O–H groups in total. The number of aromatic amines is 1. The van der Waals surface area contributed by atoms with Gasteiger partial charge in [0.1, 0.15) is 0 Å². The Morgan fingerprint density at radius 3 is 3.00 bits per heavy atom. The van der Waals surface area contributed by atoms with Gasteiger partial charge in [0.2, 0.25) is 0 Å². The van der Waals surface area contributed by atoms with E-state index in [-0.39, 0.29) is 5.91 Å². The van der Waals surface area contributed by atoms with Crippen LogP contribution in [0.5, 0.6) is 0 Å². The van der Waals surface area contributed by atoms with E-state index in [4.69, 9.17) is 0 Å². The van der Waals surface area contributed by atoms with Crippen LogP contribution in [0.15, 0.2) is 42.2 Å². The number of rotatable bonds is 3. The molecule has 104 valence electrons. The molecule has 2 heterocycles. The normalized spacial score (nSPS) is 18.6. The predicted octanol–water partition coefficient (Wildman–Crippen LogP) is 0.205. The van der Waals surface area contributed by atoms with Crippen molar-refractivity contribution < 1.29 is 9.69 Å². The lowest BCUT2D eigenvalue weighted by Crippen LogP contribution is -3.09. The maximum absolute atomic E-state index is 12.2. The Kier molecular flexibility index (Phi) is 3.43. The van der Waals surface area contributed by atoms with E-state index in [0.717, 1.165) is 36.1 Å². The van der Waals surface area contributed by atoms with E-state index in [0.29, 0.717) is 5.56 Å². The third-order valence-electron chi connectivity index (χ3n) is 3.69. The summed E-state index contributed by atoms with van der Waals surface area (Å²) in [5.41, 5.74) is 8.52. The number of hydrazine groups is 1. The predicted molar refractivity (Wildman–Crippen MR) is 78.2 cm³/mol. The Hall–Kier alpha value is -2.27. The highest BCUT2D eigenvalue weighted by molar-refractivity contribution is 6.06. The molecular formula is C15H19N4O+. The van der Waals surface area contributed by atoms with Crippen molar-refractivity contribution in [2.75, 3.05) is 20.1 Å². The largest absolute Gasteiger partial charge is 0.360 e. The molecule has 0 spiro atoms. The molecule has 0 saturated carbocycles. The van der Waals surface area contributed by atoms with Crippen LogP contribution in [-0.2, 0) is 0 Å². The number of hydrogen-bond donors (Lipinski definition) is 4. The van der Waals surface area contributed by atoms with Gasteiger partial charge in [-0.2, -0.15) is 0 Å². The minimum atomic E-state index is -0.116. The van der Waals surface area contributed by atoms with E-state index in [9.17, 15) is 4.79 Å². The molecule has 0 radical (unpaired) electrons. The van der Waals surface area contributed by atoms with Gasteiger partial charge in [0.05, 0.1) is 25.7 Å². The molecular weight excluding hydrogens is 252 g/mol. The van der Waals surface area contributed by atoms with Gasteiger partial charge in [-0.3, -0.25) is 10.2 Å². The smallest absolute Gasteiger partial charge is 0.271 e. The van der Waals surface area contributed by atoms with Gasteiger partial charge in [-0.25, -0.2) is 0 Å². The molecule has 0 fully saturated rings. The minimum absolute atomic E-state index is 0.116. The zero-order valence-corrected chi connectivity index (χ0v) is 11.5. The highest BCUT2D eigenvalue weighted by Crippen LogP contribution is 2.17. The van der Waals surface area contributed by atoms with Gasteiger partial charge in [0, 0.05) is 29.2 Å². The van der Waals surface area contributed by atoms with Crippen LogP contribution in [-0.4, -0.2) is 31.0 Å². The molecule has 3 rings (SSSR count). The van der Waals surface area contributed by atoms with E-state index < -0.39 is 0 Å². The SMILES string of the molecule is C[NH+]1CC=C(NNC(=O)c2c[nH]c3ccccc23)CC1. The summed E-state index contributed by atoms with van der Waals surface area (Å²) < 4.78 is 0. The molecule has 0 aliphatic carbocycles. The van der Waals surface area contributed by atoms with Crippen molar-refractivity contribution in [3.05, 3.63) is 47.8 Å². The standard InChI is InChI=1S/C15H18N4O/c1-19-8-6-11(7-9-19)17-18-15(20)13-10-16-14-5-3-2-4-12(13)14/h2-6,10,16-17H,7-9H2,1H3,(H,18,20)/p+1. The molecule has 5 heteroatoms. The number of aromatic nitrogens is 1. The lowest BCUT2D eigenvalue weighted by atomic mass is 10.2. The van der Waals surface area contributed by atoms with Crippen LogP contribution in [0.25, 0.3) is 10.9 Å². The van der Waals surface area contributed by atoms with Crippen LogP contribution in [0.2, 0.25) is 0 Å². The fraction of sp³-hybridized carbons (Fsp3) is 0.267. The first kappa shape index (κ1) is 12.7. The molecule has 0 bridgehead atoms. The number of fused-ring (bicyclic) bond motifs is 1. The number of nitrogens with one attached hydrogen (secondary N) is 4. The van der Waals surface area contributed by atoms with Crippen molar-refractivity contribution in [2.24, 2.45) is 0 Å². The number of H-pyrrole nitrogens is 1. The molecule has 5 nitrogen and oxygen atoms in total. The lowest BCUT2D eigenvalue weighted by molar-refractivity contribution is -0.875. The molecule has 0 saturated heterocycles. The van der Waals surface area contributed by atoms with E-state index in [2.05, 4.69) is 29.0 Å².